The van der Waals surface area contributed by atoms with Gasteiger partial charge in [0.15, 0.2) is 11.9 Å². The summed E-state index contributed by atoms with van der Waals surface area (Å²) in [5.41, 5.74) is 4.27. The van der Waals surface area contributed by atoms with E-state index in [-0.39, 0.29) is 12.2 Å². The highest BCUT2D eigenvalue weighted by atomic mass is 16.6. The second-order valence-electron chi connectivity index (χ2n) is 9.24. The summed E-state index contributed by atoms with van der Waals surface area (Å²) in [5, 5.41) is 2.75. The molecule has 1 saturated heterocycles. The largest absolute Gasteiger partial charge is 0.441 e. The number of nitrogens with one attached hydrogen (secondary N) is 1. The number of alkyl carbamates (subject to hydrolysis) is 1. The number of morpholine rings is 1. The summed E-state index contributed by atoms with van der Waals surface area (Å²) >= 11 is 0. The Morgan fingerprint density at radius 3 is 2.41 bits per heavy atom. The van der Waals surface area contributed by atoms with Crippen molar-refractivity contribution in [1.82, 2.24) is 10.2 Å². The maximum atomic E-state index is 13.2. The van der Waals surface area contributed by atoms with E-state index in [1.165, 1.54) is 0 Å². The summed E-state index contributed by atoms with van der Waals surface area (Å²) in [6.07, 6.45) is -1.32. The highest BCUT2D eigenvalue weighted by Gasteiger charge is 2.29. The quantitative estimate of drug-likeness (QED) is 0.530. The van der Waals surface area contributed by atoms with Crippen LogP contribution in [0.1, 0.15) is 34.8 Å². The van der Waals surface area contributed by atoms with Gasteiger partial charge < -0.3 is 9.47 Å². The molecule has 5 rings (SSSR count). The minimum atomic E-state index is -1.04. The molecule has 1 amide bonds. The number of carbonyl (C=O) groups excluding carboxylic acids is 2. The molecule has 0 bridgehead atoms. The minimum Gasteiger partial charge on any atom is -0.441 e. The fourth-order valence-electron chi connectivity index (χ4n) is 4.76. The van der Waals surface area contributed by atoms with Crippen molar-refractivity contribution in [3.63, 3.8) is 0 Å². The molecule has 2 atom stereocenters. The number of nitrogens with zero attached hydrogens (tertiary/aromatic N) is 2. The molecule has 0 aliphatic carbocycles. The number of amides is 1. The maximum Gasteiger partial charge on any atom is 0.409 e. The smallest absolute Gasteiger partial charge is 0.409 e. The van der Waals surface area contributed by atoms with E-state index in [1.807, 2.05) is 84.9 Å². The normalized spacial score (nSPS) is 18.8. The van der Waals surface area contributed by atoms with Gasteiger partial charge in [-0.05, 0) is 11.1 Å². The van der Waals surface area contributed by atoms with E-state index in [4.69, 9.17) is 14.5 Å². The van der Waals surface area contributed by atoms with Gasteiger partial charge >= 0.3 is 6.09 Å². The Bertz CT molecular complexity index is 1240. The molecule has 3 aromatic rings. The van der Waals surface area contributed by atoms with Crippen LogP contribution in [0.2, 0.25) is 0 Å². The Hall–Kier alpha value is -3.81. The zero-order valence-electron chi connectivity index (χ0n) is 20.7. The predicted molar refractivity (Wildman–Crippen MR) is 142 cm³/mol. The van der Waals surface area contributed by atoms with Gasteiger partial charge in [0.25, 0.3) is 0 Å². The van der Waals surface area contributed by atoms with E-state index in [2.05, 4.69) is 10.2 Å². The Kier molecular flexibility index (Phi) is 8.03. The Balaban J connectivity index is 1.34. The fraction of sp³-hybridized carbons (Fsp3) is 0.300. The zero-order chi connectivity index (χ0) is 25.5. The number of aliphatic imine (C=N–C) groups is 1. The van der Waals surface area contributed by atoms with Crippen molar-refractivity contribution in [3.05, 3.63) is 107 Å². The van der Waals surface area contributed by atoms with Gasteiger partial charge in [-0.2, -0.15) is 0 Å². The van der Waals surface area contributed by atoms with E-state index in [0.717, 1.165) is 41.9 Å². The van der Waals surface area contributed by atoms with Crippen LogP contribution in [0.3, 0.4) is 0 Å². The topological polar surface area (TPSA) is 80.2 Å². The molecule has 1 N–H and O–H groups in total. The third-order valence-corrected chi connectivity index (χ3v) is 6.73. The molecule has 0 radical (unpaired) electrons. The second kappa shape index (κ2) is 12.0. The molecule has 7 nitrogen and oxygen atoms in total. The van der Waals surface area contributed by atoms with Crippen molar-refractivity contribution >= 4 is 17.6 Å². The fourth-order valence-corrected chi connectivity index (χ4v) is 4.76. The lowest BCUT2D eigenvalue weighted by atomic mass is 9.96. The van der Waals surface area contributed by atoms with Crippen LogP contribution in [-0.2, 0) is 20.7 Å². The molecule has 2 aliphatic rings. The number of rotatable bonds is 7. The van der Waals surface area contributed by atoms with Crippen molar-refractivity contribution in [1.29, 1.82) is 0 Å². The average molecular weight is 498 g/mol. The van der Waals surface area contributed by atoms with Gasteiger partial charge in [-0.15, -0.1) is 0 Å². The van der Waals surface area contributed by atoms with Gasteiger partial charge in [-0.25, -0.2) is 4.79 Å². The number of fused-ring (bicyclic) bond motifs is 1. The molecule has 0 saturated carbocycles. The SMILES string of the molecule is O=C(N[C@H]1N=C(c2ccccc2)c2ccccc2CC1=O)O[C@H](CCN1CCOCC1)c1ccccc1. The summed E-state index contributed by atoms with van der Waals surface area (Å²) in [5.74, 6) is -0.181. The van der Waals surface area contributed by atoms with Crippen molar-refractivity contribution in [2.75, 3.05) is 32.8 Å². The van der Waals surface area contributed by atoms with Gasteiger partial charge in [0, 0.05) is 43.6 Å². The molecule has 2 aliphatic heterocycles. The van der Waals surface area contributed by atoms with Gasteiger partial charge in [-0.1, -0.05) is 84.9 Å². The molecular formula is C30H31N3O4. The van der Waals surface area contributed by atoms with E-state index in [1.54, 1.807) is 0 Å². The molecule has 7 heteroatoms. The van der Waals surface area contributed by atoms with Crippen LogP contribution >= 0.6 is 0 Å². The highest BCUT2D eigenvalue weighted by Crippen LogP contribution is 2.24. The summed E-state index contributed by atoms with van der Waals surface area (Å²) in [7, 11) is 0. The van der Waals surface area contributed by atoms with Crippen molar-refractivity contribution < 1.29 is 19.1 Å². The molecule has 3 aromatic carbocycles. The Morgan fingerprint density at radius 1 is 0.973 bits per heavy atom. The molecule has 190 valence electrons. The van der Waals surface area contributed by atoms with E-state index >= 15 is 0 Å². The second-order valence-corrected chi connectivity index (χ2v) is 9.24. The molecule has 0 unspecified atom stereocenters. The van der Waals surface area contributed by atoms with Gasteiger partial charge in [-0.3, -0.25) is 20.0 Å². The van der Waals surface area contributed by atoms with Crippen LogP contribution in [-0.4, -0.2) is 61.5 Å². The van der Waals surface area contributed by atoms with Gasteiger partial charge in [0.2, 0.25) is 0 Å². The third-order valence-electron chi connectivity index (χ3n) is 6.73. The minimum absolute atomic E-state index is 0.181. The van der Waals surface area contributed by atoms with Crippen LogP contribution in [0.25, 0.3) is 0 Å². The van der Waals surface area contributed by atoms with Crippen LogP contribution in [0.4, 0.5) is 4.79 Å². The average Bonchev–Trinajstić information content (AvgIpc) is 3.08. The number of carbonyl (C=O) groups is 2. The maximum absolute atomic E-state index is 13.2. The monoisotopic (exact) mass is 497 g/mol. The molecular weight excluding hydrogens is 466 g/mol. The molecule has 0 spiro atoms. The third kappa shape index (κ3) is 6.31. The van der Waals surface area contributed by atoms with Crippen molar-refractivity contribution in [2.45, 2.75) is 25.1 Å². The van der Waals surface area contributed by atoms with Crippen LogP contribution < -0.4 is 5.32 Å². The van der Waals surface area contributed by atoms with E-state index < -0.39 is 18.4 Å². The summed E-state index contributed by atoms with van der Waals surface area (Å²) in [6.45, 7) is 3.93. The lowest BCUT2D eigenvalue weighted by Gasteiger charge is -2.28. The number of hydrogen-bond acceptors (Lipinski definition) is 6. The zero-order valence-corrected chi connectivity index (χ0v) is 20.7. The number of hydrogen-bond donors (Lipinski definition) is 1. The highest BCUT2D eigenvalue weighted by molar-refractivity contribution is 6.16. The number of ether oxygens (including phenoxy) is 2. The van der Waals surface area contributed by atoms with Crippen molar-refractivity contribution in [2.24, 2.45) is 4.99 Å². The molecule has 0 aromatic heterocycles. The molecule has 1 fully saturated rings. The standard InChI is InChI=1S/C30H31N3O4/c34-26-21-24-13-7-8-14-25(24)28(23-11-5-2-6-12-23)31-29(26)32-30(35)37-27(22-9-3-1-4-10-22)15-16-33-17-19-36-20-18-33/h1-14,27,29H,15-21H2,(H,32,35)/t27-,29-/m1/s1. The first-order valence-corrected chi connectivity index (χ1v) is 12.7. The van der Waals surface area contributed by atoms with E-state index in [9.17, 15) is 9.59 Å². The summed E-state index contributed by atoms with van der Waals surface area (Å²) in [6, 6.07) is 27.2. The molecule has 37 heavy (non-hydrogen) atoms. The Labute approximate surface area is 217 Å². The first-order chi connectivity index (χ1) is 18.2. The predicted octanol–water partition coefficient (Wildman–Crippen LogP) is 4.17. The van der Waals surface area contributed by atoms with Crippen LogP contribution in [0.15, 0.2) is 89.9 Å². The van der Waals surface area contributed by atoms with E-state index in [0.29, 0.717) is 25.3 Å². The van der Waals surface area contributed by atoms with Gasteiger partial charge in [0.05, 0.1) is 18.9 Å². The van der Waals surface area contributed by atoms with Crippen molar-refractivity contribution in [3.8, 4) is 0 Å². The number of benzene rings is 3. The lowest BCUT2D eigenvalue weighted by Crippen LogP contribution is -2.41. The van der Waals surface area contributed by atoms with Gasteiger partial charge in [0.1, 0.15) is 6.10 Å². The summed E-state index contributed by atoms with van der Waals surface area (Å²) in [4.78, 5) is 33.4. The van der Waals surface area contributed by atoms with Crippen LogP contribution in [0, 0.1) is 0 Å². The Morgan fingerprint density at radius 2 is 1.65 bits per heavy atom. The number of Topliss-reactive ketones (excluding diaryl/α,β-unsaturated/α-hetero) is 1. The number of ketones is 1. The first kappa shape index (κ1) is 24.9. The molecule has 2 heterocycles. The van der Waals surface area contributed by atoms with Crippen LogP contribution in [0.5, 0.6) is 0 Å². The lowest BCUT2D eigenvalue weighted by molar-refractivity contribution is -0.120. The first-order valence-electron chi connectivity index (χ1n) is 12.7. The summed E-state index contributed by atoms with van der Waals surface area (Å²) < 4.78 is 11.4.